The van der Waals surface area contributed by atoms with E-state index < -0.39 is 10.0 Å². The Morgan fingerprint density at radius 3 is 2.72 bits per heavy atom. The SMILES string of the molecule is COc1ccccc1Nc1nc2ccc(-c3cccc(CNS(=O)(=O)C4CC4)c3)cn2n1. The van der Waals surface area contributed by atoms with Crippen LogP contribution in [0.2, 0.25) is 0 Å². The summed E-state index contributed by atoms with van der Waals surface area (Å²) in [4.78, 5) is 4.52. The van der Waals surface area contributed by atoms with Crippen molar-refractivity contribution in [3.63, 3.8) is 0 Å². The van der Waals surface area contributed by atoms with Crippen LogP contribution in [0.25, 0.3) is 16.8 Å². The number of nitrogens with one attached hydrogen (secondary N) is 2. The molecule has 0 radical (unpaired) electrons. The maximum Gasteiger partial charge on any atom is 0.247 e. The number of aromatic nitrogens is 3. The number of pyridine rings is 1. The quantitative estimate of drug-likeness (QED) is 0.425. The number of rotatable bonds is 8. The third kappa shape index (κ3) is 4.30. The minimum Gasteiger partial charge on any atom is -0.495 e. The van der Waals surface area contributed by atoms with Crippen molar-refractivity contribution in [2.45, 2.75) is 24.6 Å². The molecule has 32 heavy (non-hydrogen) atoms. The Hall–Kier alpha value is -3.43. The number of hydrogen-bond donors (Lipinski definition) is 2. The minimum atomic E-state index is -3.21. The maximum absolute atomic E-state index is 12.1. The van der Waals surface area contributed by atoms with E-state index in [4.69, 9.17) is 4.74 Å². The first-order valence-electron chi connectivity index (χ1n) is 10.4. The standard InChI is InChI=1S/C23H23N5O3S/c1-31-21-8-3-2-7-20(21)25-23-26-22-12-9-18(15-28(22)27-23)17-6-4-5-16(13-17)14-24-32(29,30)19-10-11-19/h2-9,12-13,15,19,24H,10-11,14H2,1H3,(H,25,27). The topological polar surface area (TPSA) is 97.6 Å². The number of hydrogen-bond acceptors (Lipinski definition) is 6. The largest absolute Gasteiger partial charge is 0.495 e. The van der Waals surface area contributed by atoms with Crippen LogP contribution in [0, 0.1) is 0 Å². The molecule has 2 aromatic heterocycles. The summed E-state index contributed by atoms with van der Waals surface area (Å²) in [6.07, 6.45) is 3.41. The number of anilines is 2. The van der Waals surface area contributed by atoms with E-state index in [1.165, 1.54) is 0 Å². The zero-order valence-electron chi connectivity index (χ0n) is 17.5. The molecule has 4 aromatic rings. The van der Waals surface area contributed by atoms with Gasteiger partial charge in [0.2, 0.25) is 16.0 Å². The van der Waals surface area contributed by atoms with Gasteiger partial charge in [0.05, 0.1) is 18.0 Å². The van der Waals surface area contributed by atoms with Crippen molar-refractivity contribution in [2.75, 3.05) is 12.4 Å². The van der Waals surface area contributed by atoms with Gasteiger partial charge in [0, 0.05) is 18.3 Å². The van der Waals surface area contributed by atoms with E-state index in [2.05, 4.69) is 20.1 Å². The molecule has 0 aliphatic heterocycles. The van der Waals surface area contributed by atoms with E-state index in [1.54, 1.807) is 11.6 Å². The zero-order valence-corrected chi connectivity index (χ0v) is 18.3. The second-order valence-electron chi connectivity index (χ2n) is 7.75. The van der Waals surface area contributed by atoms with E-state index in [-0.39, 0.29) is 11.8 Å². The minimum absolute atomic E-state index is 0.223. The molecule has 0 saturated heterocycles. The summed E-state index contributed by atoms with van der Waals surface area (Å²) >= 11 is 0. The van der Waals surface area contributed by atoms with Gasteiger partial charge in [-0.25, -0.2) is 17.7 Å². The number of fused-ring (bicyclic) bond motifs is 1. The van der Waals surface area contributed by atoms with Gasteiger partial charge in [-0.2, -0.15) is 4.98 Å². The number of benzene rings is 2. The summed E-state index contributed by atoms with van der Waals surface area (Å²) < 4.78 is 34.0. The van der Waals surface area contributed by atoms with Crippen molar-refractivity contribution in [3.8, 4) is 16.9 Å². The Bertz CT molecular complexity index is 1380. The van der Waals surface area contributed by atoms with Gasteiger partial charge in [0.15, 0.2) is 5.65 Å². The van der Waals surface area contributed by atoms with E-state index in [9.17, 15) is 8.42 Å². The molecule has 1 saturated carbocycles. The summed E-state index contributed by atoms with van der Waals surface area (Å²) in [7, 11) is -1.59. The Balaban J connectivity index is 1.37. The van der Waals surface area contributed by atoms with E-state index in [0.29, 0.717) is 17.3 Å². The van der Waals surface area contributed by atoms with Crippen LogP contribution in [0.15, 0.2) is 66.9 Å². The predicted molar refractivity (Wildman–Crippen MR) is 123 cm³/mol. The van der Waals surface area contributed by atoms with Crippen molar-refractivity contribution in [1.29, 1.82) is 0 Å². The lowest BCUT2D eigenvalue weighted by Crippen LogP contribution is -2.26. The third-order valence-corrected chi connectivity index (χ3v) is 7.28. The fourth-order valence-electron chi connectivity index (χ4n) is 3.52. The van der Waals surface area contributed by atoms with Gasteiger partial charge in [0.25, 0.3) is 0 Å². The molecule has 0 spiro atoms. The molecular formula is C23H23N5O3S. The first-order valence-corrected chi connectivity index (χ1v) is 11.9. The molecule has 2 heterocycles. The number of sulfonamides is 1. The van der Waals surface area contributed by atoms with Crippen LogP contribution < -0.4 is 14.8 Å². The van der Waals surface area contributed by atoms with Gasteiger partial charge in [-0.1, -0.05) is 30.3 Å². The fraction of sp³-hybridized carbons (Fsp3) is 0.217. The molecule has 5 rings (SSSR count). The molecule has 1 aliphatic rings. The highest BCUT2D eigenvalue weighted by atomic mass is 32.2. The molecule has 0 unspecified atom stereocenters. The second kappa shape index (κ2) is 8.25. The molecule has 1 fully saturated rings. The van der Waals surface area contributed by atoms with Crippen molar-refractivity contribution in [1.82, 2.24) is 19.3 Å². The summed E-state index contributed by atoms with van der Waals surface area (Å²) in [6, 6.07) is 19.3. The van der Waals surface area contributed by atoms with Crippen molar-refractivity contribution in [2.24, 2.45) is 0 Å². The highest BCUT2D eigenvalue weighted by Gasteiger charge is 2.35. The van der Waals surface area contributed by atoms with Crippen LogP contribution >= 0.6 is 0 Å². The van der Waals surface area contributed by atoms with E-state index >= 15 is 0 Å². The van der Waals surface area contributed by atoms with Crippen molar-refractivity contribution >= 4 is 27.3 Å². The highest BCUT2D eigenvalue weighted by Crippen LogP contribution is 2.28. The summed E-state index contributed by atoms with van der Waals surface area (Å²) in [5, 5.41) is 7.50. The van der Waals surface area contributed by atoms with Crippen LogP contribution in [-0.2, 0) is 16.6 Å². The predicted octanol–water partition coefficient (Wildman–Crippen LogP) is 3.73. The molecule has 1 aliphatic carbocycles. The summed E-state index contributed by atoms with van der Waals surface area (Å²) in [6.45, 7) is 0.283. The molecule has 8 nitrogen and oxygen atoms in total. The monoisotopic (exact) mass is 449 g/mol. The van der Waals surface area contributed by atoms with Crippen molar-refractivity contribution in [3.05, 3.63) is 72.4 Å². The summed E-state index contributed by atoms with van der Waals surface area (Å²) in [5.74, 6) is 1.18. The first kappa shape index (κ1) is 20.5. The number of methoxy groups -OCH3 is 1. The van der Waals surface area contributed by atoms with Crippen molar-refractivity contribution < 1.29 is 13.2 Å². The van der Waals surface area contributed by atoms with Crippen LogP contribution in [-0.4, -0.2) is 35.4 Å². The van der Waals surface area contributed by atoms with Gasteiger partial charge in [-0.3, -0.25) is 0 Å². The van der Waals surface area contributed by atoms with Crippen LogP contribution in [0.4, 0.5) is 11.6 Å². The zero-order chi connectivity index (χ0) is 22.1. The lowest BCUT2D eigenvalue weighted by atomic mass is 10.0. The second-order valence-corrected chi connectivity index (χ2v) is 9.79. The smallest absolute Gasteiger partial charge is 0.247 e. The lowest BCUT2D eigenvalue weighted by molar-refractivity contribution is 0.417. The normalized spacial score (nSPS) is 13.9. The molecule has 0 amide bonds. The molecule has 2 N–H and O–H groups in total. The van der Waals surface area contributed by atoms with Gasteiger partial charge in [0.1, 0.15) is 5.75 Å². The average Bonchev–Trinajstić information content (AvgIpc) is 3.60. The van der Waals surface area contributed by atoms with E-state index in [1.807, 2.05) is 66.9 Å². The van der Waals surface area contributed by atoms with Gasteiger partial charge in [-0.05, 0) is 54.3 Å². The Kier molecular flexibility index (Phi) is 5.28. The Morgan fingerprint density at radius 2 is 1.91 bits per heavy atom. The van der Waals surface area contributed by atoms with Crippen LogP contribution in [0.1, 0.15) is 18.4 Å². The Morgan fingerprint density at radius 1 is 1.06 bits per heavy atom. The molecule has 164 valence electrons. The number of para-hydroxylation sites is 2. The molecule has 2 aromatic carbocycles. The first-order chi connectivity index (χ1) is 15.5. The fourth-order valence-corrected chi connectivity index (χ4v) is 4.88. The van der Waals surface area contributed by atoms with Gasteiger partial charge < -0.3 is 10.1 Å². The molecular weight excluding hydrogens is 426 g/mol. The van der Waals surface area contributed by atoms with Gasteiger partial charge in [-0.15, -0.1) is 5.10 Å². The lowest BCUT2D eigenvalue weighted by Gasteiger charge is -2.08. The van der Waals surface area contributed by atoms with Crippen LogP contribution in [0.3, 0.4) is 0 Å². The number of nitrogens with zero attached hydrogens (tertiary/aromatic N) is 3. The third-order valence-electron chi connectivity index (χ3n) is 5.39. The number of ether oxygens (including phenoxy) is 1. The van der Waals surface area contributed by atoms with Crippen LogP contribution in [0.5, 0.6) is 5.75 Å². The Labute approximate surface area is 186 Å². The molecule has 0 atom stereocenters. The molecule has 9 heteroatoms. The highest BCUT2D eigenvalue weighted by molar-refractivity contribution is 7.90. The molecule has 0 bridgehead atoms. The summed E-state index contributed by atoms with van der Waals surface area (Å²) in [5.41, 5.74) is 4.33. The average molecular weight is 450 g/mol. The van der Waals surface area contributed by atoms with E-state index in [0.717, 1.165) is 35.2 Å². The van der Waals surface area contributed by atoms with Gasteiger partial charge >= 0.3 is 0 Å². The maximum atomic E-state index is 12.1.